The van der Waals surface area contributed by atoms with Gasteiger partial charge in [-0.1, -0.05) is 6.07 Å². The number of nitrogens with one attached hydrogen (secondary N) is 3. The zero-order valence-corrected chi connectivity index (χ0v) is 18.9. The van der Waals surface area contributed by atoms with E-state index < -0.39 is 17.2 Å². The number of alkyl carbamates (subject to hydrolysis) is 1. The lowest BCUT2D eigenvalue weighted by molar-refractivity contribution is 0.0474. The highest BCUT2D eigenvalue weighted by atomic mass is 16.6. The van der Waals surface area contributed by atoms with Crippen LogP contribution in [-0.4, -0.2) is 50.5 Å². The van der Waals surface area contributed by atoms with Crippen LogP contribution in [0.2, 0.25) is 0 Å². The first-order valence-electron chi connectivity index (χ1n) is 9.75. The molecule has 0 heterocycles. The van der Waals surface area contributed by atoms with Crippen LogP contribution in [0.15, 0.2) is 23.2 Å². The zero-order chi connectivity index (χ0) is 22.1. The predicted molar refractivity (Wildman–Crippen MR) is 116 cm³/mol. The van der Waals surface area contributed by atoms with Crippen molar-refractivity contribution in [1.82, 2.24) is 16.0 Å². The molecule has 0 aliphatic carbocycles. The molecule has 8 nitrogen and oxygen atoms in total. The third-order valence-electron chi connectivity index (χ3n) is 3.75. The molecule has 1 rings (SSSR count). The summed E-state index contributed by atoms with van der Waals surface area (Å²) in [4.78, 5) is 16.2. The maximum absolute atomic E-state index is 12.0. The van der Waals surface area contributed by atoms with Crippen molar-refractivity contribution in [3.05, 3.63) is 23.8 Å². The maximum atomic E-state index is 12.0. The number of aliphatic imine (C=N–C) groups is 1. The molecule has 0 aliphatic rings. The number of carbonyl (C=O) groups is 1. The predicted octanol–water partition coefficient (Wildman–Crippen LogP) is 3.06. The summed E-state index contributed by atoms with van der Waals surface area (Å²) in [5.74, 6) is 2.03. The number of benzene rings is 1. The maximum Gasteiger partial charge on any atom is 0.408 e. The van der Waals surface area contributed by atoms with Crippen molar-refractivity contribution >= 4 is 12.1 Å². The van der Waals surface area contributed by atoms with E-state index in [1.54, 1.807) is 14.2 Å². The van der Waals surface area contributed by atoms with Crippen molar-refractivity contribution in [3.63, 3.8) is 0 Å². The second-order valence-electron chi connectivity index (χ2n) is 8.21. The molecule has 0 bridgehead atoms. The number of carbonyl (C=O) groups excluding carboxylic acids is 1. The Bertz CT molecular complexity index is 696. The van der Waals surface area contributed by atoms with E-state index in [0.29, 0.717) is 37.2 Å². The quantitative estimate of drug-likeness (QED) is 0.452. The minimum Gasteiger partial charge on any atom is -0.493 e. The number of ether oxygens (including phenoxy) is 3. The van der Waals surface area contributed by atoms with E-state index >= 15 is 0 Å². The first-order chi connectivity index (χ1) is 13.5. The SMILES string of the molecule is CCOc1cc(CNC(=NC)NCC(C)(C)NC(=O)OC(C)(C)C)ccc1OC. The molecule has 8 heteroatoms. The van der Waals surface area contributed by atoms with Gasteiger partial charge in [-0.15, -0.1) is 0 Å². The first kappa shape index (κ1) is 24.4. The molecule has 0 aliphatic heterocycles. The molecule has 0 atom stereocenters. The highest BCUT2D eigenvalue weighted by molar-refractivity contribution is 5.79. The fourth-order valence-electron chi connectivity index (χ4n) is 2.43. The summed E-state index contributed by atoms with van der Waals surface area (Å²) in [6.45, 7) is 12.9. The van der Waals surface area contributed by atoms with E-state index in [-0.39, 0.29) is 0 Å². The third-order valence-corrected chi connectivity index (χ3v) is 3.75. The molecule has 0 fully saturated rings. The summed E-state index contributed by atoms with van der Waals surface area (Å²) in [5, 5.41) is 9.34. The zero-order valence-electron chi connectivity index (χ0n) is 18.9. The average molecular weight is 409 g/mol. The van der Waals surface area contributed by atoms with Crippen LogP contribution in [0.25, 0.3) is 0 Å². The van der Waals surface area contributed by atoms with E-state index in [1.165, 1.54) is 0 Å². The van der Waals surface area contributed by atoms with E-state index in [0.717, 1.165) is 5.56 Å². The lowest BCUT2D eigenvalue weighted by Gasteiger charge is -2.29. The largest absolute Gasteiger partial charge is 0.493 e. The van der Waals surface area contributed by atoms with Crippen LogP contribution in [0.3, 0.4) is 0 Å². The standard InChI is InChI=1S/C21H36N4O4/c1-9-28-17-12-15(10-11-16(17)27-8)13-23-18(22-7)24-14-21(5,6)25-19(26)29-20(2,3)4/h10-12H,9,13-14H2,1-8H3,(H,25,26)(H2,22,23,24). The topological polar surface area (TPSA) is 93.2 Å². The monoisotopic (exact) mass is 408 g/mol. The summed E-state index contributed by atoms with van der Waals surface area (Å²) in [5.41, 5.74) is -0.0325. The second kappa shape index (κ2) is 10.8. The van der Waals surface area contributed by atoms with E-state index in [9.17, 15) is 4.79 Å². The minimum atomic E-state index is -0.538. The Morgan fingerprint density at radius 3 is 2.34 bits per heavy atom. The Labute approximate surface area is 174 Å². The van der Waals surface area contributed by atoms with Crippen LogP contribution in [0.5, 0.6) is 11.5 Å². The molecule has 3 N–H and O–H groups in total. The molecule has 0 radical (unpaired) electrons. The second-order valence-corrected chi connectivity index (χ2v) is 8.21. The van der Waals surface area contributed by atoms with Crippen molar-refractivity contribution in [2.75, 3.05) is 27.3 Å². The van der Waals surface area contributed by atoms with Crippen LogP contribution >= 0.6 is 0 Å². The number of rotatable bonds is 8. The summed E-state index contributed by atoms with van der Waals surface area (Å²) in [7, 11) is 3.32. The Balaban J connectivity index is 2.60. The van der Waals surface area contributed by atoms with Gasteiger partial charge in [0.05, 0.1) is 19.3 Å². The van der Waals surface area contributed by atoms with Gasteiger partial charge in [0.15, 0.2) is 17.5 Å². The molecule has 0 aromatic heterocycles. The van der Waals surface area contributed by atoms with Crippen molar-refractivity contribution in [2.24, 2.45) is 4.99 Å². The Morgan fingerprint density at radius 1 is 1.10 bits per heavy atom. The molecule has 0 unspecified atom stereocenters. The smallest absolute Gasteiger partial charge is 0.408 e. The Hall–Kier alpha value is -2.64. The average Bonchev–Trinajstić information content (AvgIpc) is 2.60. The van der Waals surface area contributed by atoms with Gasteiger partial charge in [0.1, 0.15) is 5.60 Å². The minimum absolute atomic E-state index is 0.450. The van der Waals surface area contributed by atoms with E-state index in [4.69, 9.17) is 14.2 Å². The van der Waals surface area contributed by atoms with Gasteiger partial charge in [-0.05, 0) is 59.2 Å². The highest BCUT2D eigenvalue weighted by Gasteiger charge is 2.24. The fourth-order valence-corrected chi connectivity index (χ4v) is 2.43. The van der Waals surface area contributed by atoms with Crippen molar-refractivity contribution in [1.29, 1.82) is 0 Å². The van der Waals surface area contributed by atoms with Gasteiger partial charge >= 0.3 is 6.09 Å². The summed E-state index contributed by atoms with van der Waals surface area (Å²) >= 11 is 0. The molecule has 164 valence electrons. The summed E-state index contributed by atoms with van der Waals surface area (Å²) in [6.07, 6.45) is -0.450. The number of guanidine groups is 1. The molecular weight excluding hydrogens is 372 g/mol. The fraction of sp³-hybridized carbons (Fsp3) is 0.619. The van der Waals surface area contributed by atoms with Gasteiger partial charge in [0.2, 0.25) is 0 Å². The summed E-state index contributed by atoms with van der Waals surface area (Å²) < 4.78 is 16.2. The highest BCUT2D eigenvalue weighted by Crippen LogP contribution is 2.27. The van der Waals surface area contributed by atoms with Crippen molar-refractivity contribution in [2.45, 2.75) is 59.2 Å². The number of nitrogens with zero attached hydrogens (tertiary/aromatic N) is 1. The number of hydrogen-bond donors (Lipinski definition) is 3. The van der Waals surface area contributed by atoms with Gasteiger partial charge in [-0.25, -0.2) is 4.79 Å². The molecular formula is C21H36N4O4. The van der Waals surface area contributed by atoms with Gasteiger partial charge in [-0.2, -0.15) is 0 Å². The van der Waals surface area contributed by atoms with Crippen LogP contribution < -0.4 is 25.4 Å². The van der Waals surface area contributed by atoms with Gasteiger partial charge in [-0.3, -0.25) is 4.99 Å². The lowest BCUT2D eigenvalue weighted by Crippen LogP contribution is -2.54. The van der Waals surface area contributed by atoms with E-state index in [2.05, 4.69) is 20.9 Å². The number of methoxy groups -OCH3 is 1. The number of hydrogen-bond acceptors (Lipinski definition) is 5. The van der Waals surface area contributed by atoms with Crippen LogP contribution in [-0.2, 0) is 11.3 Å². The van der Waals surface area contributed by atoms with Gasteiger partial charge in [0, 0.05) is 20.1 Å². The van der Waals surface area contributed by atoms with Crippen molar-refractivity contribution < 1.29 is 19.0 Å². The van der Waals surface area contributed by atoms with Gasteiger partial charge in [0.25, 0.3) is 0 Å². The molecule has 1 aromatic carbocycles. The normalized spacial score (nSPS) is 12.2. The van der Waals surface area contributed by atoms with E-state index in [1.807, 2.05) is 59.7 Å². The molecule has 29 heavy (non-hydrogen) atoms. The third kappa shape index (κ3) is 9.40. The Morgan fingerprint density at radius 2 is 1.79 bits per heavy atom. The molecule has 0 saturated heterocycles. The van der Waals surface area contributed by atoms with Crippen LogP contribution in [0, 0.1) is 0 Å². The van der Waals surface area contributed by atoms with Gasteiger partial charge < -0.3 is 30.2 Å². The molecule has 0 spiro atoms. The lowest BCUT2D eigenvalue weighted by atomic mass is 10.1. The molecule has 0 saturated carbocycles. The molecule has 1 amide bonds. The molecule has 1 aromatic rings. The van der Waals surface area contributed by atoms with Crippen molar-refractivity contribution in [3.8, 4) is 11.5 Å². The first-order valence-corrected chi connectivity index (χ1v) is 9.75. The number of amides is 1. The van der Waals surface area contributed by atoms with Crippen LogP contribution in [0.1, 0.15) is 47.1 Å². The summed E-state index contributed by atoms with van der Waals surface area (Å²) in [6, 6.07) is 5.79. The Kier molecular flexibility index (Phi) is 9.07. The van der Waals surface area contributed by atoms with Crippen LogP contribution in [0.4, 0.5) is 4.79 Å².